The summed E-state index contributed by atoms with van der Waals surface area (Å²) >= 11 is 0. The van der Waals surface area contributed by atoms with E-state index in [-0.39, 0.29) is 11.8 Å². The number of halogens is 2. The molecule has 0 spiro atoms. The molecule has 0 radical (unpaired) electrons. The molecule has 0 unspecified atom stereocenters. The summed E-state index contributed by atoms with van der Waals surface area (Å²) in [6.45, 7) is 9.63. The van der Waals surface area contributed by atoms with E-state index in [0.29, 0.717) is 13.0 Å². The largest absolute Gasteiger partial charge is 0.384 e. The van der Waals surface area contributed by atoms with Gasteiger partial charge in [-0.3, -0.25) is 0 Å². The summed E-state index contributed by atoms with van der Waals surface area (Å²) in [6.07, 6.45) is 3.87. The predicted molar refractivity (Wildman–Crippen MR) is 70.7 cm³/mol. The van der Waals surface area contributed by atoms with Crippen LogP contribution in [-0.4, -0.2) is 19.6 Å². The van der Waals surface area contributed by atoms with Gasteiger partial charge >= 0.3 is 0 Å². The smallest absolute Gasteiger partial charge is 0.245 e. The molecule has 0 heterocycles. The second-order valence-corrected chi connectivity index (χ2v) is 4.36. The number of hydrogen-bond acceptors (Lipinski definition) is 1. The Labute approximate surface area is 106 Å². The minimum atomic E-state index is -2.52. The maximum absolute atomic E-state index is 12.6. The normalized spacial score (nSPS) is 16.9. The molecule has 1 nitrogen and oxygen atoms in total. The van der Waals surface area contributed by atoms with Crippen LogP contribution in [0, 0.1) is 5.41 Å². The van der Waals surface area contributed by atoms with Gasteiger partial charge in [0.2, 0.25) is 5.92 Å². The predicted octanol–water partition coefficient (Wildman–Crippen LogP) is 5.29. The third-order valence-corrected chi connectivity index (χ3v) is 2.96. The monoisotopic (exact) mass is 252 g/mol. The van der Waals surface area contributed by atoms with Gasteiger partial charge in [-0.15, -0.1) is 0 Å². The number of rotatable bonds is 5. The second-order valence-electron chi connectivity index (χ2n) is 4.36. The maximum atomic E-state index is 12.6. The molecule has 0 aliphatic heterocycles. The Morgan fingerprint density at radius 2 is 1.59 bits per heavy atom. The quantitative estimate of drug-likeness (QED) is 0.646. The molecule has 1 aliphatic carbocycles. The lowest BCUT2D eigenvalue weighted by Gasteiger charge is -2.42. The SMILES string of the molecule is CC.CC.COCC1(CCC(C)(F)F)CCC1. The maximum Gasteiger partial charge on any atom is 0.245 e. The molecule has 0 aromatic carbocycles. The molecule has 3 heteroatoms. The molecule has 1 aliphatic rings. The van der Waals surface area contributed by atoms with Gasteiger partial charge in [0.15, 0.2) is 0 Å². The summed E-state index contributed by atoms with van der Waals surface area (Å²) in [4.78, 5) is 0. The summed E-state index contributed by atoms with van der Waals surface area (Å²) in [5.41, 5.74) is 0.0776. The first-order chi connectivity index (χ1) is 7.97. The van der Waals surface area contributed by atoms with Crippen molar-refractivity contribution in [3.8, 4) is 0 Å². The van der Waals surface area contributed by atoms with Crippen LogP contribution in [0.4, 0.5) is 8.78 Å². The van der Waals surface area contributed by atoms with Gasteiger partial charge in [-0.05, 0) is 31.6 Å². The van der Waals surface area contributed by atoms with Crippen LogP contribution < -0.4 is 0 Å². The van der Waals surface area contributed by atoms with Crippen LogP contribution in [0.5, 0.6) is 0 Å². The first kappa shape index (κ1) is 19.2. The molecular weight excluding hydrogens is 222 g/mol. The van der Waals surface area contributed by atoms with Gasteiger partial charge in [0.1, 0.15) is 0 Å². The van der Waals surface area contributed by atoms with E-state index >= 15 is 0 Å². The lowest BCUT2D eigenvalue weighted by Crippen LogP contribution is -2.35. The first-order valence-electron chi connectivity index (χ1n) is 6.84. The zero-order chi connectivity index (χ0) is 13.9. The molecule has 1 rings (SSSR count). The molecular formula is C14H30F2O. The van der Waals surface area contributed by atoms with E-state index in [4.69, 9.17) is 4.74 Å². The van der Waals surface area contributed by atoms with Gasteiger partial charge in [0.25, 0.3) is 0 Å². The molecule has 1 saturated carbocycles. The highest BCUT2D eigenvalue weighted by Crippen LogP contribution is 2.46. The lowest BCUT2D eigenvalue weighted by atomic mass is 9.66. The summed E-state index contributed by atoms with van der Waals surface area (Å²) in [6, 6.07) is 0. The van der Waals surface area contributed by atoms with E-state index in [0.717, 1.165) is 19.8 Å². The van der Waals surface area contributed by atoms with Crippen molar-refractivity contribution in [2.45, 2.75) is 72.6 Å². The molecule has 0 atom stereocenters. The summed E-state index contributed by atoms with van der Waals surface area (Å²) < 4.78 is 30.3. The zero-order valence-corrected chi connectivity index (χ0v) is 12.4. The van der Waals surface area contributed by atoms with Crippen LogP contribution in [0.1, 0.15) is 66.7 Å². The minimum Gasteiger partial charge on any atom is -0.384 e. The number of hydrogen-bond donors (Lipinski definition) is 0. The highest BCUT2D eigenvalue weighted by molar-refractivity contribution is 4.88. The van der Waals surface area contributed by atoms with Gasteiger partial charge in [-0.25, -0.2) is 8.78 Å². The fourth-order valence-electron chi connectivity index (χ4n) is 1.93. The van der Waals surface area contributed by atoms with Crippen molar-refractivity contribution < 1.29 is 13.5 Å². The Kier molecular flexibility index (Phi) is 11.1. The molecule has 0 aromatic heterocycles. The third-order valence-electron chi connectivity index (χ3n) is 2.96. The lowest BCUT2D eigenvalue weighted by molar-refractivity contribution is -0.0384. The molecule has 0 bridgehead atoms. The highest BCUT2D eigenvalue weighted by atomic mass is 19.3. The first-order valence-corrected chi connectivity index (χ1v) is 6.84. The van der Waals surface area contributed by atoms with Crippen LogP contribution in [0.25, 0.3) is 0 Å². The number of methoxy groups -OCH3 is 1. The highest BCUT2D eigenvalue weighted by Gasteiger charge is 2.38. The Morgan fingerprint density at radius 1 is 1.12 bits per heavy atom. The summed E-state index contributed by atoms with van der Waals surface area (Å²) in [5, 5.41) is 0. The van der Waals surface area contributed by atoms with Crippen molar-refractivity contribution in [3.63, 3.8) is 0 Å². The molecule has 1 fully saturated rings. The average molecular weight is 252 g/mol. The van der Waals surface area contributed by atoms with Crippen molar-refractivity contribution in [2.75, 3.05) is 13.7 Å². The fraction of sp³-hybridized carbons (Fsp3) is 1.00. The van der Waals surface area contributed by atoms with E-state index in [2.05, 4.69) is 0 Å². The van der Waals surface area contributed by atoms with Crippen molar-refractivity contribution in [3.05, 3.63) is 0 Å². The number of ether oxygens (including phenoxy) is 1. The van der Waals surface area contributed by atoms with Crippen LogP contribution in [-0.2, 0) is 4.74 Å². The van der Waals surface area contributed by atoms with Gasteiger partial charge in [-0.2, -0.15) is 0 Å². The van der Waals surface area contributed by atoms with Gasteiger partial charge in [0, 0.05) is 13.5 Å². The molecule has 0 amide bonds. The van der Waals surface area contributed by atoms with E-state index in [9.17, 15) is 8.78 Å². The van der Waals surface area contributed by atoms with Crippen molar-refractivity contribution in [2.24, 2.45) is 5.41 Å². The van der Waals surface area contributed by atoms with Crippen LogP contribution in [0.3, 0.4) is 0 Å². The van der Waals surface area contributed by atoms with E-state index in [1.165, 1.54) is 6.42 Å². The number of alkyl halides is 2. The second kappa shape index (κ2) is 9.81. The van der Waals surface area contributed by atoms with Crippen molar-refractivity contribution >= 4 is 0 Å². The van der Waals surface area contributed by atoms with E-state index < -0.39 is 5.92 Å². The van der Waals surface area contributed by atoms with Gasteiger partial charge in [0.05, 0.1) is 6.61 Å². The van der Waals surface area contributed by atoms with Crippen molar-refractivity contribution in [1.82, 2.24) is 0 Å². The molecule has 106 valence electrons. The van der Waals surface area contributed by atoms with Crippen LogP contribution in [0.2, 0.25) is 0 Å². The Bertz CT molecular complexity index is 160. The third kappa shape index (κ3) is 8.53. The summed E-state index contributed by atoms with van der Waals surface area (Å²) in [7, 11) is 1.64. The Balaban J connectivity index is 0. The topological polar surface area (TPSA) is 9.23 Å². The summed E-state index contributed by atoms with van der Waals surface area (Å²) in [5.74, 6) is -2.52. The van der Waals surface area contributed by atoms with E-state index in [1.54, 1.807) is 7.11 Å². The average Bonchev–Trinajstić information content (AvgIpc) is 2.26. The zero-order valence-electron chi connectivity index (χ0n) is 12.4. The standard InChI is InChI=1S/C10H18F2O.2C2H6/c1-9(11,12)6-7-10(8-13-2)4-3-5-10;2*1-2/h3-8H2,1-2H3;2*1-2H3. The van der Waals surface area contributed by atoms with E-state index in [1.807, 2.05) is 27.7 Å². The Morgan fingerprint density at radius 3 is 1.82 bits per heavy atom. The fourth-order valence-corrected chi connectivity index (χ4v) is 1.93. The molecule has 17 heavy (non-hydrogen) atoms. The Hall–Kier alpha value is -0.180. The van der Waals surface area contributed by atoms with Gasteiger partial charge in [-0.1, -0.05) is 34.1 Å². The van der Waals surface area contributed by atoms with Crippen LogP contribution in [0.15, 0.2) is 0 Å². The van der Waals surface area contributed by atoms with Crippen LogP contribution >= 0.6 is 0 Å². The van der Waals surface area contributed by atoms with Gasteiger partial charge < -0.3 is 4.74 Å². The minimum absolute atomic E-state index is 0.00361. The molecule has 0 saturated heterocycles. The molecule has 0 aromatic rings. The van der Waals surface area contributed by atoms with Crippen molar-refractivity contribution in [1.29, 1.82) is 0 Å². The molecule has 0 N–H and O–H groups in total.